The van der Waals surface area contributed by atoms with Gasteiger partial charge in [-0.2, -0.15) is 0 Å². The van der Waals surface area contributed by atoms with Crippen LogP contribution in [0.25, 0.3) is 0 Å². The van der Waals surface area contributed by atoms with E-state index in [0.717, 1.165) is 11.4 Å². The smallest absolute Gasteiger partial charge is 0.345 e. The topological polar surface area (TPSA) is 69.6 Å². The fourth-order valence-electron chi connectivity index (χ4n) is 1.99. The van der Waals surface area contributed by atoms with Gasteiger partial charge in [-0.25, -0.2) is 4.79 Å². The first-order valence-corrected chi connectivity index (χ1v) is 6.58. The van der Waals surface area contributed by atoms with Crippen LogP contribution < -0.4 is 5.32 Å². The maximum atomic E-state index is 11.8. The third-order valence-corrected chi connectivity index (χ3v) is 4.29. The predicted molar refractivity (Wildman–Crippen MR) is 68.8 cm³/mol. The summed E-state index contributed by atoms with van der Waals surface area (Å²) < 4.78 is 0. The summed E-state index contributed by atoms with van der Waals surface area (Å²) in [4.78, 5) is 26.0. The van der Waals surface area contributed by atoms with Gasteiger partial charge < -0.3 is 10.4 Å². The van der Waals surface area contributed by atoms with Crippen LogP contribution in [-0.2, 0) is 11.3 Å². The monoisotopic (exact) mass is 268 g/mol. The molecule has 6 heteroatoms. The Hall–Kier alpha value is -1.40. The van der Waals surface area contributed by atoms with Crippen molar-refractivity contribution in [2.75, 3.05) is 13.1 Å². The highest BCUT2D eigenvalue weighted by Crippen LogP contribution is 2.24. The number of hydrogen-bond acceptors (Lipinski definition) is 4. The van der Waals surface area contributed by atoms with E-state index in [1.54, 1.807) is 6.07 Å². The second-order valence-electron chi connectivity index (χ2n) is 4.81. The van der Waals surface area contributed by atoms with Crippen LogP contribution in [0.5, 0.6) is 0 Å². The minimum atomic E-state index is -0.901. The number of amides is 1. The van der Waals surface area contributed by atoms with E-state index in [-0.39, 0.29) is 5.91 Å². The minimum absolute atomic E-state index is 0.0174. The Morgan fingerprint density at radius 2 is 2.28 bits per heavy atom. The van der Waals surface area contributed by atoms with E-state index in [2.05, 4.69) is 10.2 Å². The average Bonchev–Trinajstić information content (AvgIpc) is 2.74. The zero-order chi connectivity index (χ0) is 13.3. The molecule has 98 valence electrons. The van der Waals surface area contributed by atoms with Crippen molar-refractivity contribution >= 4 is 23.2 Å². The van der Waals surface area contributed by atoms with E-state index in [9.17, 15) is 9.59 Å². The Kier molecular flexibility index (Phi) is 3.41. The number of nitrogens with one attached hydrogen (secondary N) is 1. The lowest BCUT2D eigenvalue weighted by Crippen LogP contribution is -2.61. The normalized spacial score (nSPS) is 19.6. The van der Waals surface area contributed by atoms with Gasteiger partial charge in [0.25, 0.3) is 0 Å². The van der Waals surface area contributed by atoms with Crippen LogP contribution >= 0.6 is 11.3 Å². The van der Waals surface area contributed by atoms with E-state index >= 15 is 0 Å². The zero-order valence-corrected chi connectivity index (χ0v) is 11.2. The molecule has 0 unspecified atom stereocenters. The highest BCUT2D eigenvalue weighted by atomic mass is 32.1. The van der Waals surface area contributed by atoms with Gasteiger partial charge in [-0.15, -0.1) is 11.3 Å². The van der Waals surface area contributed by atoms with E-state index in [0.29, 0.717) is 18.0 Å². The lowest BCUT2D eigenvalue weighted by Gasteiger charge is -2.40. The summed E-state index contributed by atoms with van der Waals surface area (Å²) in [6.45, 7) is 5.79. The Balaban J connectivity index is 2.12. The van der Waals surface area contributed by atoms with Crippen molar-refractivity contribution in [2.24, 2.45) is 0 Å². The predicted octanol–water partition coefficient (Wildman–Crippen LogP) is 1.16. The standard InChI is InChI=1S/C12H16N2O3S/c1-12(2)11(17)13-5-6-14(12)7-8-3-4-9(18-8)10(15)16/h3-4H,5-7H2,1-2H3,(H,13,17)(H,15,16). The van der Waals surface area contributed by atoms with Gasteiger partial charge in [0.1, 0.15) is 4.88 Å². The van der Waals surface area contributed by atoms with Crippen LogP contribution in [0.3, 0.4) is 0 Å². The molecule has 1 aromatic heterocycles. The molecule has 0 aromatic carbocycles. The Bertz CT molecular complexity index is 481. The van der Waals surface area contributed by atoms with Crippen LogP contribution in [0.15, 0.2) is 12.1 Å². The molecule has 0 spiro atoms. The molecular formula is C12H16N2O3S. The van der Waals surface area contributed by atoms with E-state index in [1.807, 2.05) is 19.9 Å². The number of carboxylic acid groups (broad SMARTS) is 1. The molecule has 0 radical (unpaired) electrons. The molecule has 0 saturated carbocycles. The lowest BCUT2D eigenvalue weighted by molar-refractivity contribution is -0.135. The molecule has 1 amide bonds. The fourth-order valence-corrected chi connectivity index (χ4v) is 2.85. The Morgan fingerprint density at radius 3 is 2.89 bits per heavy atom. The van der Waals surface area contributed by atoms with Crippen molar-refractivity contribution in [1.29, 1.82) is 0 Å². The van der Waals surface area contributed by atoms with Crippen LogP contribution in [0.2, 0.25) is 0 Å². The van der Waals surface area contributed by atoms with Gasteiger partial charge in [0.05, 0.1) is 5.54 Å². The highest BCUT2D eigenvalue weighted by Gasteiger charge is 2.37. The summed E-state index contributed by atoms with van der Waals surface area (Å²) in [5.41, 5.74) is -0.550. The number of hydrogen-bond donors (Lipinski definition) is 2. The first kappa shape index (κ1) is 13.0. The minimum Gasteiger partial charge on any atom is -0.477 e. The molecule has 2 heterocycles. The number of nitrogens with zero attached hydrogens (tertiary/aromatic N) is 1. The average molecular weight is 268 g/mol. The summed E-state index contributed by atoms with van der Waals surface area (Å²) in [7, 11) is 0. The Labute approximate surface area is 109 Å². The van der Waals surface area contributed by atoms with Crippen molar-refractivity contribution in [2.45, 2.75) is 25.9 Å². The van der Waals surface area contributed by atoms with Crippen LogP contribution in [0.4, 0.5) is 0 Å². The first-order chi connectivity index (χ1) is 8.41. The summed E-state index contributed by atoms with van der Waals surface area (Å²) in [5, 5.41) is 11.7. The number of carbonyl (C=O) groups excluding carboxylic acids is 1. The molecule has 1 aliphatic heterocycles. The highest BCUT2D eigenvalue weighted by molar-refractivity contribution is 7.13. The summed E-state index contributed by atoms with van der Waals surface area (Å²) >= 11 is 1.26. The Morgan fingerprint density at radius 1 is 1.56 bits per heavy atom. The van der Waals surface area contributed by atoms with Gasteiger partial charge in [0, 0.05) is 24.5 Å². The quantitative estimate of drug-likeness (QED) is 0.863. The largest absolute Gasteiger partial charge is 0.477 e. The van der Waals surface area contributed by atoms with Crippen LogP contribution in [0.1, 0.15) is 28.4 Å². The maximum absolute atomic E-state index is 11.8. The third-order valence-electron chi connectivity index (χ3n) is 3.23. The summed E-state index contributed by atoms with van der Waals surface area (Å²) in [6, 6.07) is 3.43. The van der Waals surface area contributed by atoms with Crippen LogP contribution in [-0.4, -0.2) is 40.5 Å². The number of thiophene rings is 1. The zero-order valence-electron chi connectivity index (χ0n) is 10.4. The SMILES string of the molecule is CC1(C)C(=O)NCCN1Cc1ccc(C(=O)O)s1. The van der Waals surface area contributed by atoms with Crippen molar-refractivity contribution < 1.29 is 14.7 Å². The molecular weight excluding hydrogens is 252 g/mol. The third kappa shape index (κ3) is 2.39. The first-order valence-electron chi connectivity index (χ1n) is 5.76. The van der Waals surface area contributed by atoms with Crippen LogP contribution in [0, 0.1) is 0 Å². The molecule has 1 aromatic rings. The number of carboxylic acids is 1. The summed E-state index contributed by atoms with van der Waals surface area (Å²) in [5.74, 6) is -0.884. The van der Waals surface area contributed by atoms with Gasteiger partial charge in [0.15, 0.2) is 0 Å². The fraction of sp³-hybridized carbons (Fsp3) is 0.500. The van der Waals surface area contributed by atoms with Crippen molar-refractivity contribution in [3.63, 3.8) is 0 Å². The van der Waals surface area contributed by atoms with Gasteiger partial charge in [-0.1, -0.05) is 0 Å². The molecule has 2 N–H and O–H groups in total. The van der Waals surface area contributed by atoms with Gasteiger partial charge in [-0.3, -0.25) is 9.69 Å². The van der Waals surface area contributed by atoms with E-state index in [1.165, 1.54) is 11.3 Å². The van der Waals surface area contributed by atoms with Crippen molar-refractivity contribution in [3.05, 3.63) is 21.9 Å². The summed E-state index contributed by atoms with van der Waals surface area (Å²) in [6.07, 6.45) is 0. The van der Waals surface area contributed by atoms with Gasteiger partial charge >= 0.3 is 5.97 Å². The number of carbonyl (C=O) groups is 2. The molecule has 18 heavy (non-hydrogen) atoms. The lowest BCUT2D eigenvalue weighted by atomic mass is 9.99. The van der Waals surface area contributed by atoms with Crippen molar-refractivity contribution in [3.8, 4) is 0 Å². The molecule has 5 nitrogen and oxygen atoms in total. The number of piperazine rings is 1. The molecule has 1 saturated heterocycles. The molecule has 0 atom stereocenters. The van der Waals surface area contributed by atoms with Crippen molar-refractivity contribution in [1.82, 2.24) is 10.2 Å². The number of aromatic carboxylic acids is 1. The second kappa shape index (κ2) is 4.70. The van der Waals surface area contributed by atoms with Gasteiger partial charge in [0.2, 0.25) is 5.91 Å². The van der Waals surface area contributed by atoms with E-state index in [4.69, 9.17) is 5.11 Å². The molecule has 1 aliphatic rings. The second-order valence-corrected chi connectivity index (χ2v) is 5.98. The molecule has 1 fully saturated rings. The van der Waals surface area contributed by atoms with Gasteiger partial charge in [-0.05, 0) is 26.0 Å². The molecule has 0 aliphatic carbocycles. The molecule has 2 rings (SSSR count). The molecule has 0 bridgehead atoms. The number of rotatable bonds is 3. The maximum Gasteiger partial charge on any atom is 0.345 e. The van der Waals surface area contributed by atoms with E-state index < -0.39 is 11.5 Å².